The largest absolute Gasteiger partial charge is 0.369 e. The van der Waals surface area contributed by atoms with E-state index < -0.39 is 0 Å². The highest BCUT2D eigenvalue weighted by Gasteiger charge is 2.21. The Labute approximate surface area is 180 Å². The average Bonchev–Trinajstić information content (AvgIpc) is 3.32. The summed E-state index contributed by atoms with van der Waals surface area (Å²) in [4.78, 5) is 38.1. The monoisotopic (exact) mass is 420 g/mol. The van der Waals surface area contributed by atoms with Crippen LogP contribution in [0.25, 0.3) is 10.9 Å². The molecule has 1 aliphatic carbocycles. The van der Waals surface area contributed by atoms with E-state index >= 15 is 0 Å². The topological polar surface area (TPSA) is 76.3 Å². The molecule has 31 heavy (non-hydrogen) atoms. The number of piperazine rings is 1. The second-order valence-corrected chi connectivity index (χ2v) is 8.66. The third kappa shape index (κ3) is 3.87. The van der Waals surface area contributed by atoms with Crippen LogP contribution in [0.4, 0.5) is 5.69 Å². The second kappa shape index (κ2) is 8.26. The van der Waals surface area contributed by atoms with Gasteiger partial charge in [-0.25, -0.2) is 4.98 Å². The molecule has 5 rings (SSSR count). The molecule has 0 amide bonds. The number of hydrogen-bond acceptors (Lipinski definition) is 6. The molecule has 0 N–H and O–H groups in total. The maximum atomic E-state index is 12.9. The van der Waals surface area contributed by atoms with E-state index in [0.29, 0.717) is 18.0 Å². The Morgan fingerprint density at radius 2 is 1.81 bits per heavy atom. The highest BCUT2D eigenvalue weighted by Crippen LogP contribution is 2.28. The number of benzene rings is 1. The van der Waals surface area contributed by atoms with E-state index in [2.05, 4.69) is 19.8 Å². The molecule has 1 saturated heterocycles. The maximum Gasteiger partial charge on any atom is 0.268 e. The number of hydrogen-bond donors (Lipinski definition) is 0. The third-order valence-corrected chi connectivity index (χ3v) is 6.78. The molecule has 0 atom stereocenters. The van der Waals surface area contributed by atoms with Crippen LogP contribution in [0.2, 0.25) is 0 Å². The molecule has 3 aromatic rings. The van der Waals surface area contributed by atoms with Crippen molar-refractivity contribution in [1.82, 2.24) is 24.0 Å². The highest BCUT2D eigenvalue weighted by atomic mass is 16.1. The summed E-state index contributed by atoms with van der Waals surface area (Å²) in [5, 5.41) is 0.703. The lowest BCUT2D eigenvalue weighted by Gasteiger charge is -2.36. The molecule has 3 heterocycles. The van der Waals surface area contributed by atoms with Crippen LogP contribution in [0.3, 0.4) is 0 Å². The van der Waals surface area contributed by atoms with Crippen LogP contribution in [-0.4, -0.2) is 50.2 Å². The SMILES string of the molecule is Cn1c(CN2CCN(c3ccc4c(=O)n(C5CCCC5)cnc4c3)CC2)cncc1=O. The van der Waals surface area contributed by atoms with E-state index in [9.17, 15) is 9.59 Å². The van der Waals surface area contributed by atoms with E-state index in [-0.39, 0.29) is 11.1 Å². The van der Waals surface area contributed by atoms with Crippen molar-refractivity contribution in [2.75, 3.05) is 31.1 Å². The zero-order valence-corrected chi connectivity index (χ0v) is 17.9. The van der Waals surface area contributed by atoms with Gasteiger partial charge in [0, 0.05) is 57.7 Å². The van der Waals surface area contributed by atoms with Crippen molar-refractivity contribution in [2.24, 2.45) is 7.05 Å². The lowest BCUT2D eigenvalue weighted by Crippen LogP contribution is -2.46. The second-order valence-electron chi connectivity index (χ2n) is 8.66. The zero-order valence-electron chi connectivity index (χ0n) is 17.9. The number of aromatic nitrogens is 4. The Bertz CT molecular complexity index is 1200. The average molecular weight is 421 g/mol. The number of fused-ring (bicyclic) bond motifs is 1. The molecule has 162 valence electrons. The fourth-order valence-corrected chi connectivity index (χ4v) is 4.80. The van der Waals surface area contributed by atoms with E-state index in [1.807, 2.05) is 22.8 Å². The van der Waals surface area contributed by atoms with Gasteiger partial charge in [0.1, 0.15) is 0 Å². The van der Waals surface area contributed by atoms with Crippen molar-refractivity contribution in [3.8, 4) is 0 Å². The molecule has 0 bridgehead atoms. The lowest BCUT2D eigenvalue weighted by molar-refractivity contribution is 0.243. The summed E-state index contributed by atoms with van der Waals surface area (Å²) < 4.78 is 3.49. The van der Waals surface area contributed by atoms with Crippen molar-refractivity contribution in [3.63, 3.8) is 0 Å². The minimum Gasteiger partial charge on any atom is -0.369 e. The maximum absolute atomic E-state index is 12.9. The van der Waals surface area contributed by atoms with E-state index in [0.717, 1.165) is 55.9 Å². The Balaban J connectivity index is 1.29. The molecule has 0 radical (unpaired) electrons. The molecule has 2 fully saturated rings. The summed E-state index contributed by atoms with van der Waals surface area (Å²) in [7, 11) is 1.79. The summed E-state index contributed by atoms with van der Waals surface area (Å²) in [6, 6.07) is 6.32. The molecule has 1 aliphatic heterocycles. The standard InChI is InChI=1S/C23H28N6O2/c1-26-19(13-24-14-22(26)30)15-27-8-10-28(11-9-27)18-6-7-20-21(12-18)25-16-29(23(20)31)17-4-2-3-5-17/h6-7,12-14,16-17H,2-5,8-11,15H2,1H3. The van der Waals surface area contributed by atoms with Gasteiger partial charge in [-0.1, -0.05) is 12.8 Å². The van der Waals surface area contributed by atoms with Crippen molar-refractivity contribution < 1.29 is 0 Å². The molecule has 8 heteroatoms. The molecule has 2 aliphatic rings. The van der Waals surface area contributed by atoms with Crippen molar-refractivity contribution in [3.05, 3.63) is 63.3 Å². The summed E-state index contributed by atoms with van der Waals surface area (Å²) in [5.41, 5.74) is 2.80. The normalized spacial score (nSPS) is 18.2. The Morgan fingerprint density at radius 1 is 1.03 bits per heavy atom. The first-order valence-corrected chi connectivity index (χ1v) is 11.1. The summed E-state index contributed by atoms with van der Waals surface area (Å²) >= 11 is 0. The summed E-state index contributed by atoms with van der Waals surface area (Å²) in [5.74, 6) is 0. The van der Waals surface area contributed by atoms with Gasteiger partial charge in [-0.3, -0.25) is 24.0 Å². The number of rotatable bonds is 4. The van der Waals surface area contributed by atoms with Gasteiger partial charge in [0.2, 0.25) is 0 Å². The van der Waals surface area contributed by atoms with Crippen LogP contribution in [-0.2, 0) is 13.6 Å². The first-order valence-electron chi connectivity index (χ1n) is 11.1. The molecule has 2 aromatic heterocycles. The molecule has 1 aromatic carbocycles. The Morgan fingerprint density at radius 3 is 2.58 bits per heavy atom. The smallest absolute Gasteiger partial charge is 0.268 e. The first-order chi connectivity index (χ1) is 15.1. The predicted molar refractivity (Wildman–Crippen MR) is 120 cm³/mol. The third-order valence-electron chi connectivity index (χ3n) is 6.78. The van der Waals surface area contributed by atoms with E-state index in [1.54, 1.807) is 24.1 Å². The van der Waals surface area contributed by atoms with Crippen LogP contribution < -0.4 is 16.0 Å². The van der Waals surface area contributed by atoms with Crippen LogP contribution in [0.15, 0.2) is 46.5 Å². The number of nitrogens with zero attached hydrogens (tertiary/aromatic N) is 6. The fourth-order valence-electron chi connectivity index (χ4n) is 4.80. The quantitative estimate of drug-likeness (QED) is 0.642. The zero-order chi connectivity index (χ0) is 21.4. The van der Waals surface area contributed by atoms with Crippen molar-refractivity contribution >= 4 is 16.6 Å². The minimum atomic E-state index is -0.0770. The summed E-state index contributed by atoms with van der Waals surface area (Å²) in [6.07, 6.45) is 9.37. The van der Waals surface area contributed by atoms with Gasteiger partial charge < -0.3 is 9.47 Å². The van der Waals surface area contributed by atoms with Gasteiger partial charge in [-0.05, 0) is 31.0 Å². The Hall–Kier alpha value is -3.00. The molecular weight excluding hydrogens is 392 g/mol. The molecule has 8 nitrogen and oxygen atoms in total. The van der Waals surface area contributed by atoms with E-state index in [4.69, 9.17) is 0 Å². The van der Waals surface area contributed by atoms with Crippen LogP contribution in [0.5, 0.6) is 0 Å². The summed E-state index contributed by atoms with van der Waals surface area (Å²) in [6.45, 7) is 4.29. The lowest BCUT2D eigenvalue weighted by atomic mass is 10.1. The van der Waals surface area contributed by atoms with Crippen molar-refractivity contribution in [2.45, 2.75) is 38.3 Å². The molecular formula is C23H28N6O2. The first kappa shape index (κ1) is 19.9. The number of anilines is 1. The van der Waals surface area contributed by atoms with Crippen molar-refractivity contribution in [1.29, 1.82) is 0 Å². The van der Waals surface area contributed by atoms with E-state index in [1.165, 1.54) is 19.0 Å². The molecule has 0 spiro atoms. The highest BCUT2D eigenvalue weighted by molar-refractivity contribution is 5.81. The molecule has 0 unspecified atom stereocenters. The van der Waals surface area contributed by atoms with Gasteiger partial charge in [0.15, 0.2) is 0 Å². The van der Waals surface area contributed by atoms with Crippen LogP contribution in [0, 0.1) is 0 Å². The van der Waals surface area contributed by atoms with Gasteiger partial charge in [0.25, 0.3) is 11.1 Å². The van der Waals surface area contributed by atoms with Crippen LogP contribution in [0.1, 0.15) is 37.4 Å². The van der Waals surface area contributed by atoms with Gasteiger partial charge in [-0.2, -0.15) is 0 Å². The van der Waals surface area contributed by atoms with Gasteiger partial charge >= 0.3 is 0 Å². The van der Waals surface area contributed by atoms with Gasteiger partial charge in [-0.15, -0.1) is 0 Å². The predicted octanol–water partition coefficient (Wildman–Crippen LogP) is 1.93. The molecule has 1 saturated carbocycles. The van der Waals surface area contributed by atoms with Crippen LogP contribution >= 0.6 is 0 Å². The van der Waals surface area contributed by atoms with Gasteiger partial charge in [0.05, 0.1) is 29.1 Å². The minimum absolute atomic E-state index is 0.0770. The fraction of sp³-hybridized carbons (Fsp3) is 0.478. The Kier molecular flexibility index (Phi) is 5.31.